The second-order valence-electron chi connectivity index (χ2n) is 5.82. The number of hydrogen-bond donors (Lipinski definition) is 1. The number of carbonyl (C=O) groups is 1. The van der Waals surface area contributed by atoms with Crippen molar-refractivity contribution in [3.63, 3.8) is 0 Å². The van der Waals surface area contributed by atoms with Gasteiger partial charge in [0.2, 0.25) is 15.9 Å². The van der Waals surface area contributed by atoms with E-state index in [4.69, 9.17) is 0 Å². The van der Waals surface area contributed by atoms with Gasteiger partial charge >= 0.3 is 0 Å². The molecule has 0 saturated carbocycles. The molecule has 2 rings (SSSR count). The molecule has 0 saturated heterocycles. The number of nitrogens with one attached hydrogen (secondary N) is 1. The summed E-state index contributed by atoms with van der Waals surface area (Å²) in [7, 11) is -3.30. The molecule has 0 aromatic heterocycles. The Bertz CT molecular complexity index is 873. The van der Waals surface area contributed by atoms with Crippen molar-refractivity contribution in [1.82, 2.24) is 4.90 Å². The van der Waals surface area contributed by atoms with E-state index in [1.165, 1.54) is 6.08 Å². The van der Waals surface area contributed by atoms with Crippen molar-refractivity contribution in [2.24, 2.45) is 0 Å². The molecule has 0 radical (unpaired) electrons. The molecule has 2 aromatic carbocycles. The van der Waals surface area contributed by atoms with Gasteiger partial charge in [-0.25, -0.2) is 8.42 Å². The molecule has 0 spiro atoms. The van der Waals surface area contributed by atoms with Gasteiger partial charge in [0.15, 0.2) is 0 Å². The Kier molecular flexibility index (Phi) is 6.74. The predicted molar refractivity (Wildman–Crippen MR) is 106 cm³/mol. The number of rotatable bonds is 8. The van der Waals surface area contributed by atoms with Gasteiger partial charge in [-0.05, 0) is 29.3 Å². The minimum absolute atomic E-state index is 0.118. The van der Waals surface area contributed by atoms with Crippen LogP contribution in [0.15, 0.2) is 73.3 Å². The van der Waals surface area contributed by atoms with Crippen molar-refractivity contribution in [3.8, 4) is 0 Å². The Morgan fingerprint density at radius 2 is 1.77 bits per heavy atom. The lowest BCUT2D eigenvalue weighted by Crippen LogP contribution is -2.29. The molecular weight excluding hydrogens is 348 g/mol. The van der Waals surface area contributed by atoms with Gasteiger partial charge in [0.25, 0.3) is 0 Å². The van der Waals surface area contributed by atoms with Crippen molar-refractivity contribution in [2.45, 2.75) is 6.54 Å². The third kappa shape index (κ3) is 6.57. The van der Waals surface area contributed by atoms with Crippen LogP contribution in [0.25, 0.3) is 6.08 Å². The monoisotopic (exact) mass is 370 g/mol. The summed E-state index contributed by atoms with van der Waals surface area (Å²) in [6.07, 6.45) is 6.00. The Labute approximate surface area is 154 Å². The zero-order valence-corrected chi connectivity index (χ0v) is 15.4. The Morgan fingerprint density at radius 3 is 2.35 bits per heavy atom. The summed E-state index contributed by atoms with van der Waals surface area (Å²) in [6.45, 7) is 4.67. The maximum Gasteiger partial charge on any atom is 0.247 e. The molecule has 0 aliphatic carbocycles. The molecule has 0 heterocycles. The fraction of sp³-hybridized carbons (Fsp3) is 0.150. The smallest absolute Gasteiger partial charge is 0.247 e. The number of carbonyl (C=O) groups excluding carboxylic acids is 1. The molecule has 0 atom stereocenters. The van der Waals surface area contributed by atoms with Crippen LogP contribution in [0.3, 0.4) is 0 Å². The summed E-state index contributed by atoms with van der Waals surface area (Å²) in [5.74, 6) is -0.118. The third-order valence-electron chi connectivity index (χ3n) is 3.51. The number of benzene rings is 2. The van der Waals surface area contributed by atoms with Crippen molar-refractivity contribution in [1.29, 1.82) is 0 Å². The topological polar surface area (TPSA) is 66.5 Å². The van der Waals surface area contributed by atoms with E-state index in [1.54, 1.807) is 41.3 Å². The first kappa shape index (κ1) is 19.5. The number of amides is 1. The lowest BCUT2D eigenvalue weighted by molar-refractivity contribution is -0.126. The molecular formula is C20H22N2O3S. The van der Waals surface area contributed by atoms with E-state index in [2.05, 4.69) is 11.3 Å². The van der Waals surface area contributed by atoms with E-state index in [0.717, 1.165) is 17.4 Å². The summed E-state index contributed by atoms with van der Waals surface area (Å²) in [5, 5.41) is 0. The van der Waals surface area contributed by atoms with E-state index in [9.17, 15) is 13.2 Å². The molecule has 1 N–H and O–H groups in total. The fourth-order valence-corrected chi connectivity index (χ4v) is 2.91. The first-order valence-corrected chi connectivity index (χ1v) is 9.96. The van der Waals surface area contributed by atoms with Gasteiger partial charge in [-0.15, -0.1) is 6.58 Å². The summed E-state index contributed by atoms with van der Waals surface area (Å²) in [4.78, 5) is 14.2. The normalized spacial score (nSPS) is 11.3. The highest BCUT2D eigenvalue weighted by atomic mass is 32.2. The van der Waals surface area contributed by atoms with Crippen LogP contribution in [-0.2, 0) is 21.4 Å². The van der Waals surface area contributed by atoms with E-state index < -0.39 is 10.0 Å². The van der Waals surface area contributed by atoms with E-state index in [1.807, 2.05) is 30.3 Å². The van der Waals surface area contributed by atoms with Crippen LogP contribution >= 0.6 is 0 Å². The van der Waals surface area contributed by atoms with Crippen LogP contribution in [0.4, 0.5) is 5.69 Å². The van der Waals surface area contributed by atoms with E-state index in [-0.39, 0.29) is 5.91 Å². The average molecular weight is 370 g/mol. The van der Waals surface area contributed by atoms with E-state index >= 15 is 0 Å². The van der Waals surface area contributed by atoms with Gasteiger partial charge < -0.3 is 4.90 Å². The second-order valence-corrected chi connectivity index (χ2v) is 7.57. The SMILES string of the molecule is C=CCN(Cc1ccccc1)C(=O)/C=C/c1ccc(NS(C)(=O)=O)cc1. The van der Waals surface area contributed by atoms with E-state index in [0.29, 0.717) is 18.8 Å². The number of anilines is 1. The van der Waals surface area contributed by atoms with Crippen LogP contribution < -0.4 is 4.72 Å². The molecule has 6 heteroatoms. The minimum atomic E-state index is -3.30. The van der Waals surface area contributed by atoms with Gasteiger partial charge in [0, 0.05) is 24.9 Å². The van der Waals surface area contributed by atoms with Gasteiger partial charge in [0.05, 0.1) is 6.26 Å². The van der Waals surface area contributed by atoms with Crippen LogP contribution in [0.1, 0.15) is 11.1 Å². The van der Waals surface area contributed by atoms with Crippen molar-refractivity contribution >= 4 is 27.7 Å². The Balaban J connectivity index is 2.04. The van der Waals surface area contributed by atoms with Crippen LogP contribution in [0.5, 0.6) is 0 Å². The van der Waals surface area contributed by atoms with Crippen LogP contribution in [-0.4, -0.2) is 32.0 Å². The lowest BCUT2D eigenvalue weighted by atomic mass is 10.2. The summed E-state index contributed by atoms with van der Waals surface area (Å²) < 4.78 is 24.8. The molecule has 0 bridgehead atoms. The standard InChI is InChI=1S/C20H22N2O3S/c1-3-15-22(16-18-7-5-4-6-8-18)20(23)14-11-17-9-12-19(13-10-17)21-26(2,24)25/h3-14,21H,1,15-16H2,2H3/b14-11+. The molecule has 0 aliphatic heterocycles. The van der Waals surface area contributed by atoms with Crippen LogP contribution in [0.2, 0.25) is 0 Å². The maximum absolute atomic E-state index is 12.5. The largest absolute Gasteiger partial charge is 0.331 e. The Morgan fingerprint density at radius 1 is 1.12 bits per heavy atom. The van der Waals surface area contributed by atoms with Crippen LogP contribution in [0, 0.1) is 0 Å². The van der Waals surface area contributed by atoms with Crippen molar-refractivity contribution in [3.05, 3.63) is 84.5 Å². The third-order valence-corrected chi connectivity index (χ3v) is 4.12. The zero-order chi connectivity index (χ0) is 19.0. The fourth-order valence-electron chi connectivity index (χ4n) is 2.34. The number of hydrogen-bond acceptors (Lipinski definition) is 3. The summed E-state index contributed by atoms with van der Waals surface area (Å²) >= 11 is 0. The highest BCUT2D eigenvalue weighted by molar-refractivity contribution is 7.92. The number of sulfonamides is 1. The second kappa shape index (κ2) is 9.01. The summed E-state index contributed by atoms with van der Waals surface area (Å²) in [5.41, 5.74) is 2.33. The first-order valence-electron chi connectivity index (χ1n) is 8.07. The molecule has 136 valence electrons. The molecule has 2 aromatic rings. The molecule has 0 aliphatic rings. The van der Waals surface area contributed by atoms with Gasteiger partial charge in [-0.2, -0.15) is 0 Å². The zero-order valence-electron chi connectivity index (χ0n) is 14.6. The van der Waals surface area contributed by atoms with Crippen molar-refractivity contribution in [2.75, 3.05) is 17.5 Å². The highest BCUT2D eigenvalue weighted by Crippen LogP contribution is 2.12. The predicted octanol–water partition coefficient (Wildman–Crippen LogP) is 3.29. The molecule has 0 fully saturated rings. The minimum Gasteiger partial charge on any atom is -0.331 e. The molecule has 26 heavy (non-hydrogen) atoms. The van der Waals surface area contributed by atoms with Gasteiger partial charge in [-0.3, -0.25) is 9.52 Å². The first-order chi connectivity index (χ1) is 12.4. The van der Waals surface area contributed by atoms with Gasteiger partial charge in [0.1, 0.15) is 0 Å². The molecule has 5 nitrogen and oxygen atoms in total. The maximum atomic E-state index is 12.5. The van der Waals surface area contributed by atoms with Gasteiger partial charge in [-0.1, -0.05) is 48.5 Å². The number of nitrogens with zero attached hydrogens (tertiary/aromatic N) is 1. The Hall–Kier alpha value is -2.86. The summed E-state index contributed by atoms with van der Waals surface area (Å²) in [6, 6.07) is 16.5. The quantitative estimate of drug-likeness (QED) is 0.573. The lowest BCUT2D eigenvalue weighted by Gasteiger charge is -2.19. The molecule has 1 amide bonds. The average Bonchev–Trinajstić information content (AvgIpc) is 2.60. The molecule has 0 unspecified atom stereocenters. The van der Waals surface area contributed by atoms with Crippen molar-refractivity contribution < 1.29 is 13.2 Å². The highest BCUT2D eigenvalue weighted by Gasteiger charge is 2.09.